The summed E-state index contributed by atoms with van der Waals surface area (Å²) < 4.78 is 12.2. The SMILES string of the molecule is CCOC1CN([C@H]2CCCC[C@@H]2Oc2ccc3c(c2)CN(C2CCC(=O)NC2=O)C3=O)C1. The molecule has 1 N–H and O–H groups in total. The number of carbonyl (C=O) groups is 3. The first-order valence-corrected chi connectivity index (χ1v) is 11.8. The Kier molecular flexibility index (Phi) is 5.90. The molecule has 1 unspecified atom stereocenters. The Labute approximate surface area is 188 Å². The van der Waals surface area contributed by atoms with Gasteiger partial charge < -0.3 is 14.4 Å². The minimum absolute atomic E-state index is 0.132. The zero-order valence-corrected chi connectivity index (χ0v) is 18.5. The zero-order valence-electron chi connectivity index (χ0n) is 18.5. The van der Waals surface area contributed by atoms with Gasteiger partial charge in [-0.05, 0) is 56.4 Å². The summed E-state index contributed by atoms with van der Waals surface area (Å²) in [6.07, 6.45) is 5.65. The molecule has 4 aliphatic rings. The number of fused-ring (bicyclic) bond motifs is 1. The summed E-state index contributed by atoms with van der Waals surface area (Å²) in [6.45, 7) is 5.10. The zero-order chi connectivity index (χ0) is 22.2. The third-order valence-electron chi connectivity index (χ3n) is 7.20. The molecule has 2 saturated heterocycles. The van der Waals surface area contributed by atoms with Crippen molar-refractivity contribution in [1.82, 2.24) is 15.1 Å². The molecule has 3 heterocycles. The third-order valence-corrected chi connectivity index (χ3v) is 7.20. The first-order valence-electron chi connectivity index (χ1n) is 11.8. The predicted octanol–water partition coefficient (Wildman–Crippen LogP) is 1.86. The topological polar surface area (TPSA) is 88.2 Å². The number of piperidine rings is 1. The standard InChI is InChI=1S/C24H31N3O5/c1-2-31-17-13-26(14-17)19-5-3-4-6-21(19)32-16-7-8-18-15(11-16)12-27(24(18)30)20-9-10-22(28)25-23(20)29/h7-8,11,17,19-21H,2-6,9-10,12-14H2,1H3,(H,25,28,29)/t19-,20?,21-/m0/s1. The van der Waals surface area contributed by atoms with E-state index in [0.717, 1.165) is 50.3 Å². The summed E-state index contributed by atoms with van der Waals surface area (Å²) >= 11 is 0. The second-order valence-electron chi connectivity index (χ2n) is 9.26. The molecule has 8 heteroatoms. The smallest absolute Gasteiger partial charge is 0.255 e. The van der Waals surface area contributed by atoms with Gasteiger partial charge in [0.2, 0.25) is 11.8 Å². The first-order chi connectivity index (χ1) is 15.5. The second-order valence-corrected chi connectivity index (χ2v) is 9.26. The fourth-order valence-electron chi connectivity index (χ4n) is 5.51. The van der Waals surface area contributed by atoms with Crippen LogP contribution in [0.4, 0.5) is 0 Å². The maximum absolute atomic E-state index is 12.9. The Morgan fingerprint density at radius 3 is 2.69 bits per heavy atom. The maximum Gasteiger partial charge on any atom is 0.255 e. The van der Waals surface area contributed by atoms with Crippen LogP contribution in [0.1, 0.15) is 61.4 Å². The second kappa shape index (κ2) is 8.83. The maximum atomic E-state index is 12.9. The number of amides is 3. The number of hydrogen-bond acceptors (Lipinski definition) is 6. The average molecular weight is 442 g/mol. The van der Waals surface area contributed by atoms with Crippen molar-refractivity contribution in [3.63, 3.8) is 0 Å². The van der Waals surface area contributed by atoms with Gasteiger partial charge in [0, 0.05) is 44.3 Å². The molecule has 3 amide bonds. The molecule has 172 valence electrons. The van der Waals surface area contributed by atoms with Crippen molar-refractivity contribution in [2.45, 2.75) is 76.3 Å². The van der Waals surface area contributed by atoms with Gasteiger partial charge in [0.25, 0.3) is 5.91 Å². The van der Waals surface area contributed by atoms with Gasteiger partial charge in [-0.3, -0.25) is 24.6 Å². The van der Waals surface area contributed by atoms with Gasteiger partial charge in [0.15, 0.2) is 0 Å². The number of imide groups is 1. The molecule has 1 aromatic rings. The van der Waals surface area contributed by atoms with E-state index in [9.17, 15) is 14.4 Å². The van der Waals surface area contributed by atoms with Crippen LogP contribution in [0.15, 0.2) is 18.2 Å². The van der Waals surface area contributed by atoms with Crippen LogP contribution in [0.25, 0.3) is 0 Å². The fourth-order valence-corrected chi connectivity index (χ4v) is 5.51. The minimum Gasteiger partial charge on any atom is -0.489 e. The summed E-state index contributed by atoms with van der Waals surface area (Å²) in [5, 5.41) is 2.35. The lowest BCUT2D eigenvalue weighted by Gasteiger charge is -2.47. The molecule has 0 aromatic heterocycles. The highest BCUT2D eigenvalue weighted by atomic mass is 16.5. The summed E-state index contributed by atoms with van der Waals surface area (Å²) in [4.78, 5) is 40.7. The highest BCUT2D eigenvalue weighted by molar-refractivity contribution is 6.05. The molecule has 0 spiro atoms. The summed E-state index contributed by atoms with van der Waals surface area (Å²) in [5.74, 6) is -0.0358. The highest BCUT2D eigenvalue weighted by Gasteiger charge is 2.41. The van der Waals surface area contributed by atoms with Crippen LogP contribution in [0.5, 0.6) is 5.75 Å². The molecule has 0 bridgehead atoms. The van der Waals surface area contributed by atoms with Gasteiger partial charge in [-0.2, -0.15) is 0 Å². The number of ether oxygens (including phenoxy) is 2. The molecule has 8 nitrogen and oxygen atoms in total. The van der Waals surface area contributed by atoms with Crippen molar-refractivity contribution in [2.75, 3.05) is 19.7 Å². The van der Waals surface area contributed by atoms with Crippen LogP contribution in [-0.2, 0) is 20.9 Å². The lowest BCUT2D eigenvalue weighted by molar-refractivity contribution is -0.136. The van der Waals surface area contributed by atoms with Crippen molar-refractivity contribution in [2.24, 2.45) is 0 Å². The Bertz CT molecular complexity index is 913. The van der Waals surface area contributed by atoms with Gasteiger partial charge in [0.1, 0.15) is 17.9 Å². The number of benzene rings is 1. The van der Waals surface area contributed by atoms with E-state index < -0.39 is 6.04 Å². The molecule has 1 aromatic carbocycles. The largest absolute Gasteiger partial charge is 0.489 e. The number of carbonyl (C=O) groups excluding carboxylic acids is 3. The van der Waals surface area contributed by atoms with Crippen molar-refractivity contribution >= 4 is 17.7 Å². The molecule has 3 fully saturated rings. The Morgan fingerprint density at radius 2 is 1.91 bits per heavy atom. The van der Waals surface area contributed by atoms with Crippen LogP contribution in [0.3, 0.4) is 0 Å². The molecule has 3 atom stereocenters. The van der Waals surface area contributed by atoms with Crippen molar-refractivity contribution in [3.05, 3.63) is 29.3 Å². The van der Waals surface area contributed by atoms with Crippen molar-refractivity contribution in [1.29, 1.82) is 0 Å². The molecular weight excluding hydrogens is 410 g/mol. The lowest BCUT2D eigenvalue weighted by Crippen LogP contribution is -2.61. The Hall–Kier alpha value is -2.45. The van der Waals surface area contributed by atoms with E-state index in [-0.39, 0.29) is 30.2 Å². The van der Waals surface area contributed by atoms with E-state index in [2.05, 4.69) is 10.2 Å². The van der Waals surface area contributed by atoms with Crippen LogP contribution in [0.2, 0.25) is 0 Å². The Morgan fingerprint density at radius 1 is 1.09 bits per heavy atom. The minimum atomic E-state index is -0.593. The van der Waals surface area contributed by atoms with E-state index in [4.69, 9.17) is 9.47 Å². The molecule has 3 aliphatic heterocycles. The van der Waals surface area contributed by atoms with E-state index in [1.165, 1.54) is 6.42 Å². The molecule has 5 rings (SSSR count). The predicted molar refractivity (Wildman–Crippen MR) is 116 cm³/mol. The van der Waals surface area contributed by atoms with Gasteiger partial charge in [-0.1, -0.05) is 6.42 Å². The number of hydrogen-bond donors (Lipinski definition) is 1. The van der Waals surface area contributed by atoms with Gasteiger partial charge in [-0.25, -0.2) is 0 Å². The molecular formula is C24H31N3O5. The van der Waals surface area contributed by atoms with Gasteiger partial charge >= 0.3 is 0 Å². The third kappa shape index (κ3) is 4.01. The van der Waals surface area contributed by atoms with Crippen LogP contribution in [-0.4, -0.2) is 71.5 Å². The number of nitrogens with one attached hydrogen (secondary N) is 1. The van der Waals surface area contributed by atoms with E-state index in [1.54, 1.807) is 4.90 Å². The quantitative estimate of drug-likeness (QED) is 0.678. The van der Waals surface area contributed by atoms with Crippen LogP contribution >= 0.6 is 0 Å². The molecule has 1 saturated carbocycles. The van der Waals surface area contributed by atoms with Crippen molar-refractivity contribution < 1.29 is 23.9 Å². The molecule has 1 aliphatic carbocycles. The van der Waals surface area contributed by atoms with Crippen molar-refractivity contribution in [3.8, 4) is 5.75 Å². The number of rotatable bonds is 6. The monoisotopic (exact) mass is 441 g/mol. The van der Waals surface area contributed by atoms with E-state index >= 15 is 0 Å². The lowest BCUT2D eigenvalue weighted by atomic mass is 9.89. The van der Waals surface area contributed by atoms with Crippen LogP contribution in [0, 0.1) is 0 Å². The summed E-state index contributed by atoms with van der Waals surface area (Å²) in [5.41, 5.74) is 1.49. The fraction of sp³-hybridized carbons (Fsp3) is 0.625. The number of nitrogens with zero attached hydrogens (tertiary/aromatic N) is 2. The van der Waals surface area contributed by atoms with Crippen LogP contribution < -0.4 is 10.1 Å². The highest BCUT2D eigenvalue weighted by Crippen LogP contribution is 2.34. The molecule has 0 radical (unpaired) electrons. The van der Waals surface area contributed by atoms with Gasteiger partial charge in [-0.15, -0.1) is 0 Å². The van der Waals surface area contributed by atoms with E-state index in [1.807, 2.05) is 25.1 Å². The number of likely N-dealkylation sites (tertiary alicyclic amines) is 1. The van der Waals surface area contributed by atoms with Gasteiger partial charge in [0.05, 0.1) is 6.10 Å². The van der Waals surface area contributed by atoms with E-state index in [0.29, 0.717) is 30.7 Å². The Balaban J connectivity index is 1.26. The molecule has 32 heavy (non-hydrogen) atoms. The average Bonchev–Trinajstić information content (AvgIpc) is 3.07. The normalized spacial score (nSPS) is 29.0. The summed E-state index contributed by atoms with van der Waals surface area (Å²) in [7, 11) is 0. The first kappa shape index (κ1) is 21.4. The summed E-state index contributed by atoms with van der Waals surface area (Å²) in [6, 6.07) is 5.44.